The van der Waals surface area contributed by atoms with E-state index >= 15 is 0 Å². The van der Waals surface area contributed by atoms with Crippen molar-refractivity contribution < 1.29 is 9.15 Å². The molecule has 2 heterocycles. The Balaban J connectivity index is 2.14. The molecule has 0 fully saturated rings. The van der Waals surface area contributed by atoms with Crippen molar-refractivity contribution in [3.63, 3.8) is 0 Å². The molecule has 2 aromatic rings. The standard InChI is InChI=1S/C19H22O2/c1-6-7-14-8-12(2)15-9-13-10-18(19(3,4)5)21-16(13)11-17(15)20-14/h7-11H,6H2,1-5H3. The minimum Gasteiger partial charge on any atom is -0.460 e. The molecule has 0 radical (unpaired) electrons. The van der Waals surface area contributed by atoms with Crippen molar-refractivity contribution in [2.24, 2.45) is 0 Å². The van der Waals surface area contributed by atoms with Crippen LogP contribution in [-0.2, 0) is 5.41 Å². The molecule has 0 atom stereocenters. The number of ether oxygens (including phenoxy) is 1. The number of hydrogen-bond acceptors (Lipinski definition) is 2. The summed E-state index contributed by atoms with van der Waals surface area (Å²) in [7, 11) is 0. The number of hydrogen-bond donors (Lipinski definition) is 0. The third-order valence-electron chi connectivity index (χ3n) is 3.77. The van der Waals surface area contributed by atoms with E-state index in [2.05, 4.69) is 58.9 Å². The van der Waals surface area contributed by atoms with Gasteiger partial charge in [0.2, 0.25) is 0 Å². The van der Waals surface area contributed by atoms with E-state index in [0.717, 1.165) is 40.2 Å². The minimum atomic E-state index is 0.0124. The topological polar surface area (TPSA) is 22.4 Å². The first-order valence-corrected chi connectivity index (χ1v) is 7.53. The van der Waals surface area contributed by atoms with Crippen molar-refractivity contribution in [1.29, 1.82) is 0 Å². The quantitative estimate of drug-likeness (QED) is 0.657. The maximum atomic E-state index is 6.01. The smallest absolute Gasteiger partial charge is 0.138 e. The van der Waals surface area contributed by atoms with Crippen LogP contribution in [-0.4, -0.2) is 0 Å². The Morgan fingerprint density at radius 3 is 2.57 bits per heavy atom. The zero-order chi connectivity index (χ0) is 15.2. The Morgan fingerprint density at radius 2 is 1.90 bits per heavy atom. The minimum absolute atomic E-state index is 0.0124. The molecule has 110 valence electrons. The molecule has 0 unspecified atom stereocenters. The molecule has 0 saturated carbocycles. The van der Waals surface area contributed by atoms with Crippen molar-refractivity contribution in [1.82, 2.24) is 0 Å². The van der Waals surface area contributed by atoms with Gasteiger partial charge in [0, 0.05) is 22.4 Å². The molecular weight excluding hydrogens is 260 g/mol. The van der Waals surface area contributed by atoms with E-state index in [1.807, 2.05) is 6.07 Å². The summed E-state index contributed by atoms with van der Waals surface area (Å²) < 4.78 is 12.0. The summed E-state index contributed by atoms with van der Waals surface area (Å²) in [6.45, 7) is 10.7. The van der Waals surface area contributed by atoms with Gasteiger partial charge in [-0.2, -0.15) is 0 Å². The molecule has 0 spiro atoms. The molecule has 21 heavy (non-hydrogen) atoms. The Morgan fingerprint density at radius 1 is 1.14 bits per heavy atom. The van der Waals surface area contributed by atoms with Gasteiger partial charge >= 0.3 is 0 Å². The highest BCUT2D eigenvalue weighted by molar-refractivity contribution is 5.87. The van der Waals surface area contributed by atoms with Gasteiger partial charge in [-0.25, -0.2) is 0 Å². The molecule has 1 aromatic heterocycles. The van der Waals surface area contributed by atoms with Crippen LogP contribution in [0.15, 0.2) is 40.5 Å². The van der Waals surface area contributed by atoms with Gasteiger partial charge in [-0.3, -0.25) is 0 Å². The van der Waals surface area contributed by atoms with Crippen molar-refractivity contribution in [2.45, 2.75) is 46.5 Å². The first-order valence-electron chi connectivity index (χ1n) is 7.53. The predicted octanol–water partition coefficient (Wildman–Crippen LogP) is 5.82. The first-order chi connectivity index (χ1) is 9.88. The van der Waals surface area contributed by atoms with E-state index in [9.17, 15) is 0 Å². The lowest BCUT2D eigenvalue weighted by molar-refractivity contribution is 0.423. The molecule has 1 aliphatic rings. The molecule has 1 aromatic carbocycles. The molecule has 0 aliphatic carbocycles. The number of benzene rings is 1. The second-order valence-electron chi connectivity index (χ2n) is 6.69. The van der Waals surface area contributed by atoms with Gasteiger partial charge in [0.1, 0.15) is 22.9 Å². The van der Waals surface area contributed by atoms with E-state index in [0.29, 0.717) is 0 Å². The molecule has 0 bridgehead atoms. The van der Waals surface area contributed by atoms with Crippen molar-refractivity contribution in [3.05, 3.63) is 47.4 Å². The average molecular weight is 282 g/mol. The summed E-state index contributed by atoms with van der Waals surface area (Å²) in [5.74, 6) is 2.81. The molecule has 2 nitrogen and oxygen atoms in total. The van der Waals surface area contributed by atoms with Crippen molar-refractivity contribution in [3.8, 4) is 5.75 Å². The van der Waals surface area contributed by atoms with Crippen molar-refractivity contribution >= 4 is 16.5 Å². The zero-order valence-electron chi connectivity index (χ0n) is 13.4. The number of rotatable bonds is 1. The maximum absolute atomic E-state index is 6.01. The summed E-state index contributed by atoms with van der Waals surface area (Å²) in [4.78, 5) is 0. The van der Waals surface area contributed by atoms with Crippen LogP contribution < -0.4 is 4.74 Å². The molecule has 0 saturated heterocycles. The van der Waals surface area contributed by atoms with Gasteiger partial charge in [-0.05, 0) is 43.2 Å². The van der Waals surface area contributed by atoms with Gasteiger partial charge in [0.15, 0.2) is 0 Å². The van der Waals surface area contributed by atoms with E-state index in [1.54, 1.807) is 0 Å². The Labute approximate surface area is 126 Å². The SMILES string of the molecule is CCC=C1C=C(C)c2cc3cc(C(C)(C)C)oc3cc2O1. The average Bonchev–Trinajstić information content (AvgIpc) is 2.80. The highest BCUT2D eigenvalue weighted by Crippen LogP contribution is 2.38. The summed E-state index contributed by atoms with van der Waals surface area (Å²) in [6.07, 6.45) is 5.16. The van der Waals surface area contributed by atoms with Gasteiger partial charge in [0.05, 0.1) is 0 Å². The Hall–Kier alpha value is -1.96. The summed E-state index contributed by atoms with van der Waals surface area (Å²) >= 11 is 0. The summed E-state index contributed by atoms with van der Waals surface area (Å²) in [5.41, 5.74) is 3.29. The van der Waals surface area contributed by atoms with Crippen LogP contribution in [0.1, 0.15) is 52.4 Å². The number of allylic oxidation sites excluding steroid dienone is 3. The summed E-state index contributed by atoms with van der Waals surface area (Å²) in [5, 5.41) is 1.14. The van der Waals surface area contributed by atoms with E-state index in [-0.39, 0.29) is 5.41 Å². The molecule has 0 N–H and O–H groups in total. The van der Waals surface area contributed by atoms with Crippen LogP contribution in [0.2, 0.25) is 0 Å². The molecule has 0 amide bonds. The predicted molar refractivity (Wildman–Crippen MR) is 87.6 cm³/mol. The van der Waals surface area contributed by atoms with Crippen LogP contribution in [0.25, 0.3) is 16.5 Å². The number of fused-ring (bicyclic) bond motifs is 2. The lowest BCUT2D eigenvalue weighted by Crippen LogP contribution is -2.08. The van der Waals surface area contributed by atoms with Crippen LogP contribution in [0, 0.1) is 0 Å². The van der Waals surface area contributed by atoms with Gasteiger partial charge < -0.3 is 9.15 Å². The van der Waals surface area contributed by atoms with Crippen LogP contribution in [0.4, 0.5) is 0 Å². The van der Waals surface area contributed by atoms with Crippen LogP contribution in [0.3, 0.4) is 0 Å². The van der Waals surface area contributed by atoms with Crippen molar-refractivity contribution in [2.75, 3.05) is 0 Å². The monoisotopic (exact) mass is 282 g/mol. The second kappa shape index (κ2) is 4.80. The lowest BCUT2D eigenvalue weighted by Gasteiger charge is -2.18. The highest BCUT2D eigenvalue weighted by atomic mass is 16.5. The fourth-order valence-corrected chi connectivity index (χ4v) is 2.58. The first kappa shape index (κ1) is 14.0. The van der Waals surface area contributed by atoms with Gasteiger partial charge in [0.25, 0.3) is 0 Å². The largest absolute Gasteiger partial charge is 0.460 e. The van der Waals surface area contributed by atoms with E-state index < -0.39 is 0 Å². The van der Waals surface area contributed by atoms with E-state index in [4.69, 9.17) is 9.15 Å². The maximum Gasteiger partial charge on any atom is 0.138 e. The fraction of sp³-hybridized carbons (Fsp3) is 0.368. The third kappa shape index (κ3) is 2.51. The van der Waals surface area contributed by atoms with Crippen LogP contribution in [0.5, 0.6) is 5.75 Å². The fourth-order valence-electron chi connectivity index (χ4n) is 2.58. The normalized spacial score (nSPS) is 16.8. The second-order valence-corrected chi connectivity index (χ2v) is 6.69. The van der Waals surface area contributed by atoms with Crippen LogP contribution >= 0.6 is 0 Å². The summed E-state index contributed by atoms with van der Waals surface area (Å²) in [6, 6.07) is 6.32. The van der Waals surface area contributed by atoms with Gasteiger partial charge in [-0.15, -0.1) is 0 Å². The Bertz CT molecular complexity index is 752. The van der Waals surface area contributed by atoms with E-state index in [1.165, 1.54) is 5.57 Å². The third-order valence-corrected chi connectivity index (χ3v) is 3.77. The lowest BCUT2D eigenvalue weighted by atomic mass is 9.93. The molecule has 3 rings (SSSR count). The molecule has 1 aliphatic heterocycles. The van der Waals surface area contributed by atoms with Gasteiger partial charge in [-0.1, -0.05) is 27.7 Å². The highest BCUT2D eigenvalue weighted by Gasteiger charge is 2.21. The molecule has 2 heteroatoms. The zero-order valence-corrected chi connectivity index (χ0v) is 13.4. The Kier molecular flexibility index (Phi) is 3.20. The molecular formula is C19H22O2. The number of furan rings is 1.